The molecule has 1 unspecified atom stereocenters. The number of hydrogen-bond donors (Lipinski definition) is 1. The van der Waals surface area contributed by atoms with Gasteiger partial charge in [-0.1, -0.05) is 18.2 Å². The van der Waals surface area contributed by atoms with Gasteiger partial charge >= 0.3 is 0 Å². The van der Waals surface area contributed by atoms with Gasteiger partial charge in [-0.25, -0.2) is 0 Å². The maximum atomic E-state index is 12.1. The van der Waals surface area contributed by atoms with Crippen LogP contribution in [0, 0.1) is 20.8 Å². The average Bonchev–Trinajstić information content (AvgIpc) is 2.77. The molecule has 2 aromatic rings. The third-order valence-electron chi connectivity index (χ3n) is 4.04. The highest BCUT2D eigenvalue weighted by molar-refractivity contribution is 6.13. The van der Waals surface area contributed by atoms with Crippen molar-refractivity contribution >= 4 is 23.5 Å². The van der Waals surface area contributed by atoms with Crippen LogP contribution >= 0.6 is 0 Å². The van der Waals surface area contributed by atoms with Gasteiger partial charge in [0.2, 0.25) is 5.91 Å². The number of nitrogens with zero attached hydrogens (tertiary/aromatic N) is 1. The molecule has 0 aromatic heterocycles. The van der Waals surface area contributed by atoms with Gasteiger partial charge in [0.05, 0.1) is 5.69 Å². The molecule has 2 aromatic carbocycles. The Morgan fingerprint density at radius 1 is 1.05 bits per heavy atom. The maximum Gasteiger partial charge on any atom is 0.237 e. The first-order valence-corrected chi connectivity index (χ1v) is 7.08. The molecule has 0 fully saturated rings. The van der Waals surface area contributed by atoms with E-state index in [1.54, 1.807) is 6.21 Å². The van der Waals surface area contributed by atoms with E-state index >= 15 is 0 Å². The standard InChI is InChI=1S/C18H18N2O/c1-11-7-8-14(9-13(11)3)19-10-15-17-12(2)5-4-6-16(17)20-18(15)21/h4-10,15H,1-3H3,(H,20,21). The van der Waals surface area contributed by atoms with Gasteiger partial charge in [-0.15, -0.1) is 0 Å². The minimum Gasteiger partial charge on any atom is -0.325 e. The Labute approximate surface area is 124 Å². The van der Waals surface area contributed by atoms with E-state index in [4.69, 9.17) is 0 Å². The van der Waals surface area contributed by atoms with Crippen LogP contribution < -0.4 is 5.32 Å². The predicted molar refractivity (Wildman–Crippen MR) is 86.6 cm³/mol. The summed E-state index contributed by atoms with van der Waals surface area (Å²) in [5.41, 5.74) is 6.38. The van der Waals surface area contributed by atoms with Gasteiger partial charge in [0, 0.05) is 11.9 Å². The third kappa shape index (κ3) is 2.47. The fourth-order valence-corrected chi connectivity index (χ4v) is 2.65. The van der Waals surface area contributed by atoms with E-state index in [9.17, 15) is 4.79 Å². The largest absolute Gasteiger partial charge is 0.325 e. The van der Waals surface area contributed by atoms with Crippen molar-refractivity contribution < 1.29 is 4.79 Å². The Morgan fingerprint density at radius 2 is 1.86 bits per heavy atom. The van der Waals surface area contributed by atoms with Gasteiger partial charge in [-0.05, 0) is 61.2 Å². The van der Waals surface area contributed by atoms with E-state index in [1.165, 1.54) is 11.1 Å². The molecular weight excluding hydrogens is 260 g/mol. The van der Waals surface area contributed by atoms with Crippen LogP contribution in [0.15, 0.2) is 41.4 Å². The minimum absolute atomic E-state index is 0.00752. The molecule has 0 radical (unpaired) electrons. The summed E-state index contributed by atoms with van der Waals surface area (Å²) < 4.78 is 0. The molecule has 1 heterocycles. The van der Waals surface area contributed by atoms with E-state index in [1.807, 2.05) is 37.3 Å². The summed E-state index contributed by atoms with van der Waals surface area (Å²) in [5, 5.41) is 2.91. The molecule has 0 spiro atoms. The van der Waals surface area contributed by atoms with Crippen molar-refractivity contribution in [2.24, 2.45) is 4.99 Å². The number of carbonyl (C=O) groups excluding carboxylic acids is 1. The van der Waals surface area contributed by atoms with Gasteiger partial charge in [0.25, 0.3) is 0 Å². The molecule has 3 nitrogen and oxygen atoms in total. The number of fused-ring (bicyclic) bond motifs is 1. The molecule has 1 aliphatic rings. The molecule has 0 aliphatic carbocycles. The van der Waals surface area contributed by atoms with Crippen LogP contribution in [0.2, 0.25) is 0 Å². The van der Waals surface area contributed by atoms with E-state index in [2.05, 4.69) is 30.2 Å². The fraction of sp³-hybridized carbons (Fsp3) is 0.222. The first-order valence-electron chi connectivity index (χ1n) is 7.08. The summed E-state index contributed by atoms with van der Waals surface area (Å²) in [5.74, 6) is -0.310. The van der Waals surface area contributed by atoms with Crippen molar-refractivity contribution in [3.63, 3.8) is 0 Å². The molecule has 106 valence electrons. The normalized spacial score (nSPS) is 17.1. The molecule has 1 N–H and O–H groups in total. The van der Waals surface area contributed by atoms with Crippen molar-refractivity contribution in [2.45, 2.75) is 26.7 Å². The molecule has 3 rings (SSSR count). The van der Waals surface area contributed by atoms with Crippen LogP contribution in [0.1, 0.15) is 28.2 Å². The first-order chi connectivity index (χ1) is 10.1. The Hall–Kier alpha value is -2.42. The summed E-state index contributed by atoms with van der Waals surface area (Å²) in [6.45, 7) is 6.17. The molecule has 0 saturated carbocycles. The number of hydrogen-bond acceptors (Lipinski definition) is 2. The quantitative estimate of drug-likeness (QED) is 0.827. The summed E-state index contributed by atoms with van der Waals surface area (Å²) in [6, 6.07) is 12.0. The lowest BCUT2D eigenvalue weighted by Gasteiger charge is -2.06. The Bertz CT molecular complexity index is 747. The molecular formula is C18H18N2O. The van der Waals surface area contributed by atoms with Gasteiger partial charge < -0.3 is 5.32 Å². The highest BCUT2D eigenvalue weighted by Crippen LogP contribution is 2.34. The Morgan fingerprint density at radius 3 is 2.62 bits per heavy atom. The number of benzene rings is 2. The summed E-state index contributed by atoms with van der Waals surface area (Å²) in [6.07, 6.45) is 1.75. The number of anilines is 1. The summed E-state index contributed by atoms with van der Waals surface area (Å²) in [4.78, 5) is 16.6. The Balaban J connectivity index is 1.93. The summed E-state index contributed by atoms with van der Waals surface area (Å²) in [7, 11) is 0. The zero-order valence-corrected chi connectivity index (χ0v) is 12.5. The van der Waals surface area contributed by atoms with E-state index in [0.717, 1.165) is 22.5 Å². The van der Waals surface area contributed by atoms with Gasteiger partial charge in [0.1, 0.15) is 5.92 Å². The van der Waals surface area contributed by atoms with Crippen LogP contribution in [0.5, 0.6) is 0 Å². The van der Waals surface area contributed by atoms with E-state index in [0.29, 0.717) is 0 Å². The zero-order valence-electron chi connectivity index (χ0n) is 12.5. The number of amides is 1. The van der Waals surface area contributed by atoms with Crippen LogP contribution in [-0.4, -0.2) is 12.1 Å². The highest BCUT2D eigenvalue weighted by atomic mass is 16.2. The lowest BCUT2D eigenvalue weighted by Crippen LogP contribution is -2.13. The van der Waals surface area contributed by atoms with Gasteiger partial charge in [-0.3, -0.25) is 9.79 Å². The van der Waals surface area contributed by atoms with Crippen LogP contribution in [0.4, 0.5) is 11.4 Å². The second kappa shape index (κ2) is 5.17. The number of nitrogens with one attached hydrogen (secondary N) is 1. The SMILES string of the molecule is Cc1ccc(N=CC2C(=O)Nc3cccc(C)c32)cc1C. The number of aryl methyl sites for hydroxylation is 3. The van der Waals surface area contributed by atoms with Gasteiger partial charge in [-0.2, -0.15) is 0 Å². The molecule has 1 aliphatic heterocycles. The van der Waals surface area contributed by atoms with Crippen molar-refractivity contribution in [1.82, 2.24) is 0 Å². The van der Waals surface area contributed by atoms with Crippen LogP contribution in [0.25, 0.3) is 0 Å². The second-order valence-electron chi connectivity index (χ2n) is 5.55. The van der Waals surface area contributed by atoms with Crippen LogP contribution in [0.3, 0.4) is 0 Å². The smallest absolute Gasteiger partial charge is 0.237 e. The summed E-state index contributed by atoms with van der Waals surface area (Å²) >= 11 is 0. The topological polar surface area (TPSA) is 41.5 Å². The highest BCUT2D eigenvalue weighted by Gasteiger charge is 2.30. The number of aliphatic imine (C=N–C) groups is 1. The molecule has 1 amide bonds. The second-order valence-corrected chi connectivity index (χ2v) is 5.55. The number of rotatable bonds is 2. The maximum absolute atomic E-state index is 12.1. The van der Waals surface area contributed by atoms with Crippen LogP contribution in [-0.2, 0) is 4.79 Å². The van der Waals surface area contributed by atoms with E-state index in [-0.39, 0.29) is 11.8 Å². The molecule has 21 heavy (non-hydrogen) atoms. The fourth-order valence-electron chi connectivity index (χ4n) is 2.65. The Kier molecular flexibility index (Phi) is 3.34. The zero-order chi connectivity index (χ0) is 15.0. The monoisotopic (exact) mass is 278 g/mol. The minimum atomic E-state index is -0.303. The predicted octanol–water partition coefficient (Wildman–Crippen LogP) is 4.05. The lowest BCUT2D eigenvalue weighted by atomic mass is 9.97. The first kappa shape index (κ1) is 13.6. The molecule has 0 bridgehead atoms. The van der Waals surface area contributed by atoms with Crippen molar-refractivity contribution in [1.29, 1.82) is 0 Å². The number of carbonyl (C=O) groups is 1. The molecule has 1 atom stereocenters. The van der Waals surface area contributed by atoms with Gasteiger partial charge in [0.15, 0.2) is 0 Å². The molecule has 0 saturated heterocycles. The third-order valence-corrected chi connectivity index (χ3v) is 4.04. The lowest BCUT2D eigenvalue weighted by molar-refractivity contribution is -0.115. The van der Waals surface area contributed by atoms with E-state index < -0.39 is 0 Å². The van der Waals surface area contributed by atoms with Crippen molar-refractivity contribution in [3.8, 4) is 0 Å². The van der Waals surface area contributed by atoms with Crippen molar-refractivity contribution in [3.05, 3.63) is 58.7 Å². The van der Waals surface area contributed by atoms with Crippen molar-refractivity contribution in [2.75, 3.05) is 5.32 Å². The molecule has 3 heteroatoms. The average molecular weight is 278 g/mol.